The molecule has 1 aromatic carbocycles. The van der Waals surface area contributed by atoms with Crippen LogP contribution in [0.5, 0.6) is 11.5 Å². The fraction of sp³-hybridized carbons (Fsp3) is 0.357. The van der Waals surface area contributed by atoms with Crippen molar-refractivity contribution in [3.05, 3.63) is 42.0 Å². The Labute approximate surface area is 113 Å². The van der Waals surface area contributed by atoms with E-state index in [0.29, 0.717) is 6.42 Å². The molecule has 0 aliphatic heterocycles. The number of methoxy groups -OCH3 is 2. The van der Waals surface area contributed by atoms with Crippen molar-refractivity contribution in [2.24, 2.45) is 12.8 Å². The molecule has 1 atom stereocenters. The van der Waals surface area contributed by atoms with E-state index in [0.717, 1.165) is 22.9 Å². The number of aryl methyl sites for hydroxylation is 1. The molecule has 19 heavy (non-hydrogen) atoms. The third-order valence-corrected chi connectivity index (χ3v) is 3.16. The second-order valence-corrected chi connectivity index (χ2v) is 4.37. The third kappa shape index (κ3) is 2.88. The summed E-state index contributed by atoms with van der Waals surface area (Å²) in [6.45, 7) is 0. The van der Waals surface area contributed by atoms with Gasteiger partial charge in [0.2, 0.25) is 0 Å². The average Bonchev–Trinajstić information content (AvgIpc) is 2.83. The Hall–Kier alpha value is -2.01. The molecule has 1 heterocycles. The lowest BCUT2D eigenvalue weighted by atomic mass is 10.0. The van der Waals surface area contributed by atoms with Gasteiger partial charge in [0, 0.05) is 37.5 Å². The van der Waals surface area contributed by atoms with Gasteiger partial charge in [-0.2, -0.15) is 0 Å². The molecular formula is C14H19N3O2. The van der Waals surface area contributed by atoms with Gasteiger partial charge in [-0.05, 0) is 18.2 Å². The first-order chi connectivity index (χ1) is 9.15. The summed E-state index contributed by atoms with van der Waals surface area (Å²) in [5.74, 6) is 2.48. The van der Waals surface area contributed by atoms with E-state index >= 15 is 0 Å². The molecule has 0 radical (unpaired) electrons. The van der Waals surface area contributed by atoms with Gasteiger partial charge in [0.15, 0.2) is 0 Å². The summed E-state index contributed by atoms with van der Waals surface area (Å²) in [5, 5.41) is 0. The Morgan fingerprint density at radius 2 is 2.11 bits per heavy atom. The molecule has 2 rings (SSSR count). The number of ether oxygens (including phenoxy) is 2. The monoisotopic (exact) mass is 261 g/mol. The zero-order valence-electron chi connectivity index (χ0n) is 11.5. The maximum Gasteiger partial charge on any atom is 0.123 e. The Morgan fingerprint density at radius 3 is 2.68 bits per heavy atom. The molecule has 0 saturated heterocycles. The first-order valence-corrected chi connectivity index (χ1v) is 6.09. The maximum absolute atomic E-state index is 6.27. The van der Waals surface area contributed by atoms with Gasteiger partial charge in [0.05, 0.1) is 14.2 Å². The van der Waals surface area contributed by atoms with Crippen molar-refractivity contribution in [2.75, 3.05) is 14.2 Å². The molecule has 2 N–H and O–H groups in total. The van der Waals surface area contributed by atoms with E-state index in [4.69, 9.17) is 15.2 Å². The van der Waals surface area contributed by atoms with E-state index in [1.54, 1.807) is 20.4 Å². The second-order valence-electron chi connectivity index (χ2n) is 4.37. The summed E-state index contributed by atoms with van der Waals surface area (Å²) in [6, 6.07) is 5.44. The molecule has 1 aromatic heterocycles. The van der Waals surface area contributed by atoms with Crippen molar-refractivity contribution in [2.45, 2.75) is 12.5 Å². The van der Waals surface area contributed by atoms with E-state index < -0.39 is 0 Å². The van der Waals surface area contributed by atoms with E-state index in [1.165, 1.54) is 0 Å². The zero-order chi connectivity index (χ0) is 13.8. The molecule has 1 unspecified atom stereocenters. The van der Waals surface area contributed by atoms with Gasteiger partial charge in [0.25, 0.3) is 0 Å². The lowest BCUT2D eigenvalue weighted by Gasteiger charge is -2.16. The van der Waals surface area contributed by atoms with Gasteiger partial charge < -0.3 is 19.8 Å². The minimum absolute atomic E-state index is 0.189. The van der Waals surface area contributed by atoms with Crippen LogP contribution in [0.25, 0.3) is 0 Å². The highest BCUT2D eigenvalue weighted by molar-refractivity contribution is 5.42. The topological polar surface area (TPSA) is 62.3 Å². The highest BCUT2D eigenvalue weighted by Crippen LogP contribution is 2.29. The Balaban J connectivity index is 2.26. The second kappa shape index (κ2) is 5.75. The van der Waals surface area contributed by atoms with Crippen LogP contribution in [0.2, 0.25) is 0 Å². The number of nitrogens with zero attached hydrogens (tertiary/aromatic N) is 2. The number of hydrogen-bond acceptors (Lipinski definition) is 4. The summed E-state index contributed by atoms with van der Waals surface area (Å²) in [4.78, 5) is 4.29. The third-order valence-electron chi connectivity index (χ3n) is 3.16. The van der Waals surface area contributed by atoms with Crippen LogP contribution in [0, 0.1) is 0 Å². The minimum Gasteiger partial charge on any atom is -0.497 e. The van der Waals surface area contributed by atoms with Crippen LogP contribution in [-0.2, 0) is 13.5 Å². The van der Waals surface area contributed by atoms with Crippen molar-refractivity contribution in [1.29, 1.82) is 0 Å². The van der Waals surface area contributed by atoms with E-state index in [2.05, 4.69) is 4.98 Å². The first kappa shape index (κ1) is 13.4. The molecule has 0 amide bonds. The molecule has 0 aliphatic rings. The Morgan fingerprint density at radius 1 is 1.32 bits per heavy atom. The van der Waals surface area contributed by atoms with Crippen molar-refractivity contribution >= 4 is 0 Å². The van der Waals surface area contributed by atoms with Crippen LogP contribution in [-0.4, -0.2) is 23.8 Å². The van der Waals surface area contributed by atoms with Crippen LogP contribution in [0.4, 0.5) is 0 Å². The van der Waals surface area contributed by atoms with Crippen LogP contribution in [0.15, 0.2) is 30.6 Å². The lowest BCUT2D eigenvalue weighted by molar-refractivity contribution is 0.394. The quantitative estimate of drug-likeness (QED) is 0.889. The number of hydrogen-bond donors (Lipinski definition) is 1. The fourth-order valence-electron chi connectivity index (χ4n) is 2.03. The average molecular weight is 261 g/mol. The van der Waals surface area contributed by atoms with Crippen molar-refractivity contribution in [3.63, 3.8) is 0 Å². The van der Waals surface area contributed by atoms with Crippen LogP contribution >= 0.6 is 0 Å². The molecule has 0 fully saturated rings. The molecule has 0 bridgehead atoms. The van der Waals surface area contributed by atoms with Gasteiger partial charge in [-0.15, -0.1) is 0 Å². The number of nitrogens with two attached hydrogens (primary N) is 1. The van der Waals surface area contributed by atoms with Crippen molar-refractivity contribution in [3.8, 4) is 11.5 Å². The lowest BCUT2D eigenvalue weighted by Crippen LogP contribution is -2.16. The van der Waals surface area contributed by atoms with E-state index in [-0.39, 0.29) is 6.04 Å². The Kier molecular flexibility index (Phi) is 4.06. The summed E-state index contributed by atoms with van der Waals surface area (Å²) in [7, 11) is 5.23. The number of imidazole rings is 1. The van der Waals surface area contributed by atoms with Crippen molar-refractivity contribution in [1.82, 2.24) is 9.55 Å². The van der Waals surface area contributed by atoms with Gasteiger partial charge in [0.1, 0.15) is 17.3 Å². The van der Waals surface area contributed by atoms with Gasteiger partial charge in [-0.3, -0.25) is 0 Å². The molecule has 102 valence electrons. The molecule has 0 saturated carbocycles. The number of benzene rings is 1. The van der Waals surface area contributed by atoms with E-state index in [1.807, 2.05) is 36.0 Å². The zero-order valence-corrected chi connectivity index (χ0v) is 11.5. The van der Waals surface area contributed by atoms with Crippen LogP contribution in [0.1, 0.15) is 17.4 Å². The molecule has 0 aliphatic carbocycles. The first-order valence-electron chi connectivity index (χ1n) is 6.09. The van der Waals surface area contributed by atoms with Crippen molar-refractivity contribution < 1.29 is 9.47 Å². The Bertz CT molecular complexity index is 551. The molecule has 5 heteroatoms. The fourth-order valence-corrected chi connectivity index (χ4v) is 2.03. The SMILES string of the molecule is COc1ccc(OC)c(C(N)Cc2nccn2C)c1. The van der Waals surface area contributed by atoms with Gasteiger partial charge in [-0.1, -0.05) is 0 Å². The predicted octanol–water partition coefficient (Wildman–Crippen LogP) is 1.68. The number of rotatable bonds is 5. The largest absolute Gasteiger partial charge is 0.497 e. The summed E-state index contributed by atoms with van der Waals surface area (Å²) >= 11 is 0. The smallest absolute Gasteiger partial charge is 0.123 e. The normalized spacial score (nSPS) is 12.2. The highest BCUT2D eigenvalue weighted by Gasteiger charge is 2.15. The maximum atomic E-state index is 6.27. The predicted molar refractivity (Wildman–Crippen MR) is 73.4 cm³/mol. The molecule has 0 spiro atoms. The molecular weight excluding hydrogens is 242 g/mol. The number of aromatic nitrogens is 2. The molecule has 2 aromatic rings. The highest BCUT2D eigenvalue weighted by atomic mass is 16.5. The van der Waals surface area contributed by atoms with Gasteiger partial charge >= 0.3 is 0 Å². The molecule has 5 nitrogen and oxygen atoms in total. The van der Waals surface area contributed by atoms with E-state index in [9.17, 15) is 0 Å². The van der Waals surface area contributed by atoms with Crippen LogP contribution < -0.4 is 15.2 Å². The summed E-state index contributed by atoms with van der Waals surface area (Å²) in [5.41, 5.74) is 7.19. The summed E-state index contributed by atoms with van der Waals surface area (Å²) < 4.78 is 12.5. The van der Waals surface area contributed by atoms with Crippen LogP contribution in [0.3, 0.4) is 0 Å². The minimum atomic E-state index is -0.189. The summed E-state index contributed by atoms with van der Waals surface area (Å²) in [6.07, 6.45) is 4.32. The van der Waals surface area contributed by atoms with Gasteiger partial charge in [-0.25, -0.2) is 4.98 Å². The standard InChI is InChI=1S/C14H19N3O2/c1-17-7-6-16-14(17)9-12(15)11-8-10(18-2)4-5-13(11)19-3/h4-8,12H,9,15H2,1-3H3.